The number of carbonyl (C=O) groups is 1. The third-order valence-corrected chi connectivity index (χ3v) is 4.21. The van der Waals surface area contributed by atoms with Gasteiger partial charge in [-0.1, -0.05) is 45.2 Å². The van der Waals surface area contributed by atoms with Crippen LogP contribution < -0.4 is 5.32 Å². The first-order chi connectivity index (χ1) is 11.2. The van der Waals surface area contributed by atoms with Crippen molar-refractivity contribution in [1.82, 2.24) is 15.1 Å². The van der Waals surface area contributed by atoms with Crippen molar-refractivity contribution in [2.45, 2.75) is 46.1 Å². The minimum atomic E-state index is 0.0191. The Morgan fingerprint density at radius 2 is 2.04 bits per heavy atom. The molecule has 2 aromatic rings. The van der Waals surface area contributed by atoms with Crippen LogP contribution >= 0.6 is 0 Å². The van der Waals surface area contributed by atoms with Crippen molar-refractivity contribution < 1.29 is 4.79 Å². The third-order valence-electron chi connectivity index (χ3n) is 4.21. The SMILES string of the molecule is CCCCC(CC)CNC(=O)c1ccc(Cn2cccn2)cc1. The monoisotopic (exact) mass is 313 g/mol. The molecule has 1 atom stereocenters. The van der Waals surface area contributed by atoms with Crippen molar-refractivity contribution in [2.24, 2.45) is 5.92 Å². The summed E-state index contributed by atoms with van der Waals surface area (Å²) in [5, 5.41) is 7.26. The Morgan fingerprint density at radius 3 is 2.65 bits per heavy atom. The second kappa shape index (κ2) is 9.13. The molecule has 0 spiro atoms. The highest BCUT2D eigenvalue weighted by Crippen LogP contribution is 2.12. The van der Waals surface area contributed by atoms with Gasteiger partial charge in [0.1, 0.15) is 0 Å². The molecule has 0 fully saturated rings. The summed E-state index contributed by atoms with van der Waals surface area (Å²) in [5.41, 5.74) is 1.86. The van der Waals surface area contributed by atoms with Gasteiger partial charge < -0.3 is 5.32 Å². The number of hydrogen-bond acceptors (Lipinski definition) is 2. The van der Waals surface area contributed by atoms with Crippen LogP contribution in [0.1, 0.15) is 55.5 Å². The van der Waals surface area contributed by atoms with Crippen molar-refractivity contribution in [3.8, 4) is 0 Å². The Hall–Kier alpha value is -2.10. The van der Waals surface area contributed by atoms with Gasteiger partial charge in [0.2, 0.25) is 0 Å². The van der Waals surface area contributed by atoms with Crippen LogP contribution in [0.3, 0.4) is 0 Å². The van der Waals surface area contributed by atoms with Crippen molar-refractivity contribution in [3.05, 3.63) is 53.9 Å². The second-order valence-corrected chi connectivity index (χ2v) is 6.03. The van der Waals surface area contributed by atoms with Crippen LogP contribution in [0.5, 0.6) is 0 Å². The number of hydrogen-bond donors (Lipinski definition) is 1. The molecule has 1 heterocycles. The molecular formula is C19H27N3O. The molecule has 0 radical (unpaired) electrons. The van der Waals surface area contributed by atoms with E-state index in [2.05, 4.69) is 24.3 Å². The number of nitrogens with one attached hydrogen (secondary N) is 1. The number of amides is 1. The van der Waals surface area contributed by atoms with E-state index < -0.39 is 0 Å². The molecule has 1 unspecified atom stereocenters. The van der Waals surface area contributed by atoms with Crippen LogP contribution in [0.2, 0.25) is 0 Å². The average molecular weight is 313 g/mol. The van der Waals surface area contributed by atoms with E-state index in [1.165, 1.54) is 19.3 Å². The Balaban J connectivity index is 1.84. The lowest BCUT2D eigenvalue weighted by Crippen LogP contribution is -2.29. The molecule has 1 aromatic heterocycles. The predicted octanol–water partition coefficient (Wildman–Crippen LogP) is 3.88. The second-order valence-electron chi connectivity index (χ2n) is 6.03. The maximum absolute atomic E-state index is 12.2. The van der Waals surface area contributed by atoms with Crippen molar-refractivity contribution in [3.63, 3.8) is 0 Å². The summed E-state index contributed by atoms with van der Waals surface area (Å²) in [6, 6.07) is 9.67. The summed E-state index contributed by atoms with van der Waals surface area (Å²) >= 11 is 0. The van der Waals surface area contributed by atoms with Gasteiger partial charge in [-0.15, -0.1) is 0 Å². The van der Waals surface area contributed by atoms with Crippen molar-refractivity contribution in [1.29, 1.82) is 0 Å². The van der Waals surface area contributed by atoms with E-state index in [0.29, 0.717) is 5.92 Å². The van der Waals surface area contributed by atoms with Crippen LogP contribution in [-0.4, -0.2) is 22.2 Å². The molecule has 4 nitrogen and oxygen atoms in total. The molecule has 4 heteroatoms. The minimum absolute atomic E-state index is 0.0191. The molecule has 0 saturated heterocycles. The Morgan fingerprint density at radius 1 is 1.26 bits per heavy atom. The van der Waals surface area contributed by atoms with E-state index in [4.69, 9.17) is 0 Å². The fourth-order valence-corrected chi connectivity index (χ4v) is 2.62. The van der Waals surface area contributed by atoms with E-state index in [0.717, 1.165) is 30.6 Å². The highest BCUT2D eigenvalue weighted by atomic mass is 16.1. The minimum Gasteiger partial charge on any atom is -0.352 e. The molecule has 0 aliphatic heterocycles. The summed E-state index contributed by atoms with van der Waals surface area (Å²) in [7, 11) is 0. The van der Waals surface area contributed by atoms with E-state index in [9.17, 15) is 4.79 Å². The summed E-state index contributed by atoms with van der Waals surface area (Å²) in [6.07, 6.45) is 8.45. The van der Waals surface area contributed by atoms with Gasteiger partial charge in [-0.3, -0.25) is 9.48 Å². The molecular weight excluding hydrogens is 286 g/mol. The van der Waals surface area contributed by atoms with Gasteiger partial charge in [0.05, 0.1) is 6.54 Å². The number of rotatable bonds is 9. The maximum atomic E-state index is 12.2. The van der Waals surface area contributed by atoms with Gasteiger partial charge in [0.25, 0.3) is 5.91 Å². The molecule has 23 heavy (non-hydrogen) atoms. The maximum Gasteiger partial charge on any atom is 0.251 e. The number of benzene rings is 1. The summed E-state index contributed by atoms with van der Waals surface area (Å²) in [4.78, 5) is 12.2. The largest absolute Gasteiger partial charge is 0.352 e. The first kappa shape index (κ1) is 17.3. The molecule has 0 bridgehead atoms. The zero-order valence-corrected chi connectivity index (χ0v) is 14.2. The van der Waals surface area contributed by atoms with Crippen LogP contribution in [0.15, 0.2) is 42.7 Å². The van der Waals surface area contributed by atoms with E-state index >= 15 is 0 Å². The Bertz CT molecular complexity index is 575. The smallest absolute Gasteiger partial charge is 0.251 e. The number of nitrogens with zero attached hydrogens (tertiary/aromatic N) is 2. The first-order valence-corrected chi connectivity index (χ1v) is 8.57. The van der Waals surface area contributed by atoms with Crippen molar-refractivity contribution in [2.75, 3.05) is 6.54 Å². The van der Waals surface area contributed by atoms with Gasteiger partial charge in [0, 0.05) is 24.5 Å². The Labute approximate surface area is 138 Å². The van der Waals surface area contributed by atoms with E-state index in [-0.39, 0.29) is 5.91 Å². The Kier molecular flexibility index (Phi) is 6.85. The van der Waals surface area contributed by atoms with Gasteiger partial charge in [-0.25, -0.2) is 0 Å². The molecule has 0 aliphatic carbocycles. The lowest BCUT2D eigenvalue weighted by atomic mass is 9.99. The predicted molar refractivity (Wildman–Crippen MR) is 93.4 cm³/mol. The van der Waals surface area contributed by atoms with Gasteiger partial charge in [0.15, 0.2) is 0 Å². The molecule has 2 rings (SSSR count). The lowest BCUT2D eigenvalue weighted by molar-refractivity contribution is 0.0946. The lowest BCUT2D eigenvalue weighted by Gasteiger charge is -2.15. The first-order valence-electron chi connectivity index (χ1n) is 8.57. The normalized spacial score (nSPS) is 12.1. The van der Waals surface area contributed by atoms with Gasteiger partial charge in [-0.05, 0) is 36.1 Å². The molecule has 1 N–H and O–H groups in total. The molecule has 0 aliphatic rings. The summed E-state index contributed by atoms with van der Waals surface area (Å²) in [6.45, 7) is 5.89. The topological polar surface area (TPSA) is 46.9 Å². The quantitative estimate of drug-likeness (QED) is 0.763. The fourth-order valence-electron chi connectivity index (χ4n) is 2.62. The summed E-state index contributed by atoms with van der Waals surface area (Å²) < 4.78 is 1.87. The zero-order chi connectivity index (χ0) is 16.5. The highest BCUT2D eigenvalue weighted by Gasteiger charge is 2.10. The van der Waals surface area contributed by atoms with Crippen LogP contribution in [0.25, 0.3) is 0 Å². The third kappa shape index (κ3) is 5.55. The van der Waals surface area contributed by atoms with Crippen molar-refractivity contribution >= 4 is 5.91 Å². The van der Waals surface area contributed by atoms with Crippen LogP contribution in [0.4, 0.5) is 0 Å². The van der Waals surface area contributed by atoms with E-state index in [1.807, 2.05) is 41.2 Å². The van der Waals surface area contributed by atoms with Gasteiger partial charge >= 0.3 is 0 Å². The van der Waals surface area contributed by atoms with Crippen LogP contribution in [0, 0.1) is 5.92 Å². The van der Waals surface area contributed by atoms with E-state index in [1.54, 1.807) is 6.20 Å². The molecule has 1 amide bonds. The van der Waals surface area contributed by atoms with Gasteiger partial charge in [-0.2, -0.15) is 5.10 Å². The highest BCUT2D eigenvalue weighted by molar-refractivity contribution is 5.94. The standard InChI is InChI=1S/C19H27N3O/c1-3-5-7-16(4-2)14-20-19(23)18-10-8-17(9-11-18)15-22-13-6-12-21-22/h6,8-13,16H,3-5,7,14-15H2,1-2H3,(H,20,23). The molecule has 0 saturated carbocycles. The number of unbranched alkanes of at least 4 members (excludes halogenated alkanes) is 1. The average Bonchev–Trinajstić information content (AvgIpc) is 3.08. The van der Waals surface area contributed by atoms with Crippen LogP contribution in [-0.2, 0) is 6.54 Å². The summed E-state index contributed by atoms with van der Waals surface area (Å²) in [5.74, 6) is 0.601. The molecule has 1 aromatic carbocycles. The number of aromatic nitrogens is 2. The number of carbonyl (C=O) groups excluding carboxylic acids is 1. The molecule has 124 valence electrons. The fraction of sp³-hybridized carbons (Fsp3) is 0.474. The zero-order valence-electron chi connectivity index (χ0n) is 14.2.